The summed E-state index contributed by atoms with van der Waals surface area (Å²) in [6.45, 7) is 4.55. The Morgan fingerprint density at radius 1 is 0.839 bits per heavy atom. The van der Waals surface area contributed by atoms with Crippen molar-refractivity contribution < 1.29 is 4.79 Å². The van der Waals surface area contributed by atoms with Gasteiger partial charge in [-0.05, 0) is 37.3 Å². The molecule has 1 amide bonds. The third-order valence-electron chi connectivity index (χ3n) is 5.30. The number of nitrogens with zero attached hydrogens (tertiary/aromatic N) is 8. The van der Waals surface area contributed by atoms with Crippen LogP contribution in [0.15, 0.2) is 67.3 Å². The molecule has 3 aromatic heterocycles. The summed E-state index contributed by atoms with van der Waals surface area (Å²) in [4.78, 5) is 26.2. The summed E-state index contributed by atoms with van der Waals surface area (Å²) in [6.07, 6.45) is 7.17. The van der Waals surface area contributed by atoms with Crippen molar-refractivity contribution in [2.45, 2.75) is 6.92 Å². The number of carbonyl (C=O) groups excluding carboxylic acids is 1. The van der Waals surface area contributed by atoms with Gasteiger partial charge in [-0.1, -0.05) is 6.07 Å². The van der Waals surface area contributed by atoms with Gasteiger partial charge in [-0.3, -0.25) is 4.79 Å². The molecule has 0 aliphatic carbocycles. The molecule has 0 N–H and O–H groups in total. The molecule has 0 saturated carbocycles. The van der Waals surface area contributed by atoms with Crippen LogP contribution in [0.3, 0.4) is 0 Å². The molecule has 1 fully saturated rings. The molecule has 0 spiro atoms. The Morgan fingerprint density at radius 2 is 1.55 bits per heavy atom. The molecule has 31 heavy (non-hydrogen) atoms. The van der Waals surface area contributed by atoms with Gasteiger partial charge in [0.2, 0.25) is 0 Å². The molecule has 1 saturated heterocycles. The first-order valence-electron chi connectivity index (χ1n) is 10.2. The molecular weight excluding hydrogens is 392 g/mol. The van der Waals surface area contributed by atoms with E-state index >= 15 is 0 Å². The van der Waals surface area contributed by atoms with Gasteiger partial charge in [-0.2, -0.15) is 10.2 Å². The van der Waals surface area contributed by atoms with E-state index in [1.165, 1.54) is 0 Å². The van der Waals surface area contributed by atoms with Gasteiger partial charge < -0.3 is 9.80 Å². The van der Waals surface area contributed by atoms with Crippen LogP contribution in [0.25, 0.3) is 11.5 Å². The standard InChI is InChI=1S/C22H22N8O/c1-17-25-20(16-21(26-17)30-10-4-8-24-30)27-11-13-28(14-12-27)22(31)18-5-2-6-19(15-18)29-9-3-7-23-29/h2-10,15-16H,11-14H2,1H3. The predicted molar refractivity (Wildman–Crippen MR) is 116 cm³/mol. The molecule has 1 aromatic carbocycles. The summed E-state index contributed by atoms with van der Waals surface area (Å²) in [6, 6.07) is 13.2. The number of piperazine rings is 1. The minimum atomic E-state index is 0.0322. The van der Waals surface area contributed by atoms with Gasteiger partial charge in [-0.15, -0.1) is 0 Å². The third kappa shape index (κ3) is 3.89. The van der Waals surface area contributed by atoms with Crippen LogP contribution in [0.1, 0.15) is 16.2 Å². The van der Waals surface area contributed by atoms with E-state index in [1.807, 2.05) is 66.7 Å². The Kier molecular flexibility index (Phi) is 4.91. The van der Waals surface area contributed by atoms with E-state index in [2.05, 4.69) is 25.1 Å². The fourth-order valence-corrected chi connectivity index (χ4v) is 3.74. The fourth-order valence-electron chi connectivity index (χ4n) is 3.74. The van der Waals surface area contributed by atoms with E-state index in [-0.39, 0.29) is 5.91 Å². The van der Waals surface area contributed by atoms with Gasteiger partial charge in [0.25, 0.3) is 5.91 Å². The van der Waals surface area contributed by atoms with Gasteiger partial charge >= 0.3 is 0 Å². The monoisotopic (exact) mass is 414 g/mol. The Labute approximate surface area is 179 Å². The lowest BCUT2D eigenvalue weighted by Gasteiger charge is -2.35. The molecule has 5 rings (SSSR count). The zero-order valence-corrected chi connectivity index (χ0v) is 17.2. The topological polar surface area (TPSA) is 85.0 Å². The van der Waals surface area contributed by atoms with Crippen molar-refractivity contribution in [2.24, 2.45) is 0 Å². The van der Waals surface area contributed by atoms with Crippen LogP contribution in [0.4, 0.5) is 5.82 Å². The van der Waals surface area contributed by atoms with Crippen molar-refractivity contribution >= 4 is 11.7 Å². The molecule has 0 bridgehead atoms. The number of carbonyl (C=O) groups is 1. The van der Waals surface area contributed by atoms with Gasteiger partial charge in [-0.25, -0.2) is 19.3 Å². The lowest BCUT2D eigenvalue weighted by atomic mass is 10.1. The summed E-state index contributed by atoms with van der Waals surface area (Å²) in [5.41, 5.74) is 1.54. The molecule has 4 aromatic rings. The average Bonchev–Trinajstić information content (AvgIpc) is 3.53. The number of hydrogen-bond acceptors (Lipinski definition) is 6. The first-order valence-corrected chi connectivity index (χ1v) is 10.2. The first-order chi connectivity index (χ1) is 15.2. The molecule has 9 heteroatoms. The summed E-state index contributed by atoms with van der Waals surface area (Å²) >= 11 is 0. The molecule has 0 radical (unpaired) electrons. The molecule has 1 aliphatic heterocycles. The quantitative estimate of drug-likeness (QED) is 0.509. The van der Waals surface area contributed by atoms with Crippen molar-refractivity contribution in [1.29, 1.82) is 0 Å². The van der Waals surface area contributed by atoms with Gasteiger partial charge in [0.05, 0.1) is 5.69 Å². The summed E-state index contributed by atoms with van der Waals surface area (Å²) in [7, 11) is 0. The van der Waals surface area contributed by atoms with Crippen LogP contribution in [-0.4, -0.2) is 66.5 Å². The normalized spacial score (nSPS) is 14.1. The van der Waals surface area contributed by atoms with Crippen LogP contribution in [-0.2, 0) is 0 Å². The maximum Gasteiger partial charge on any atom is 0.254 e. The van der Waals surface area contributed by atoms with Crippen molar-refractivity contribution in [1.82, 2.24) is 34.4 Å². The predicted octanol–water partition coefficient (Wildman–Crippen LogP) is 2.12. The maximum absolute atomic E-state index is 13.1. The third-order valence-corrected chi connectivity index (χ3v) is 5.30. The molecule has 1 aliphatic rings. The first kappa shape index (κ1) is 19.0. The molecule has 156 valence electrons. The zero-order chi connectivity index (χ0) is 21.2. The lowest BCUT2D eigenvalue weighted by Crippen LogP contribution is -2.49. The molecule has 0 unspecified atom stereocenters. The average molecular weight is 414 g/mol. The lowest BCUT2D eigenvalue weighted by molar-refractivity contribution is 0.0746. The highest BCUT2D eigenvalue weighted by atomic mass is 16.2. The number of aryl methyl sites for hydroxylation is 1. The van der Waals surface area contributed by atoms with Crippen molar-refractivity contribution in [3.05, 3.63) is 78.6 Å². The van der Waals surface area contributed by atoms with Crippen LogP contribution < -0.4 is 4.90 Å². The second-order valence-electron chi connectivity index (χ2n) is 7.36. The van der Waals surface area contributed by atoms with E-state index in [1.54, 1.807) is 21.8 Å². The Balaban J connectivity index is 1.29. The SMILES string of the molecule is Cc1nc(N2CCN(C(=O)c3cccc(-n4cccn4)c3)CC2)cc(-n2cccn2)n1. The minimum Gasteiger partial charge on any atom is -0.353 e. The minimum absolute atomic E-state index is 0.0322. The van der Waals surface area contributed by atoms with E-state index in [0.717, 1.165) is 17.3 Å². The number of benzene rings is 1. The van der Waals surface area contributed by atoms with E-state index in [4.69, 9.17) is 0 Å². The van der Waals surface area contributed by atoms with Crippen molar-refractivity contribution in [3.63, 3.8) is 0 Å². The van der Waals surface area contributed by atoms with Crippen LogP contribution in [0.2, 0.25) is 0 Å². The number of amides is 1. The smallest absolute Gasteiger partial charge is 0.254 e. The fraction of sp³-hybridized carbons (Fsp3) is 0.227. The molecule has 4 heterocycles. The van der Waals surface area contributed by atoms with Gasteiger partial charge in [0, 0.05) is 62.6 Å². The van der Waals surface area contributed by atoms with Crippen LogP contribution in [0, 0.1) is 6.92 Å². The van der Waals surface area contributed by atoms with Crippen LogP contribution in [0.5, 0.6) is 0 Å². The summed E-state index contributed by atoms with van der Waals surface area (Å²) in [5, 5.41) is 8.50. The number of anilines is 1. The Morgan fingerprint density at radius 3 is 2.26 bits per heavy atom. The van der Waals surface area contributed by atoms with E-state index in [9.17, 15) is 4.79 Å². The van der Waals surface area contributed by atoms with Crippen LogP contribution >= 0.6 is 0 Å². The molecule has 9 nitrogen and oxygen atoms in total. The maximum atomic E-state index is 13.1. The summed E-state index contributed by atoms with van der Waals surface area (Å²) < 4.78 is 3.48. The van der Waals surface area contributed by atoms with Crippen molar-refractivity contribution in [3.8, 4) is 11.5 Å². The van der Waals surface area contributed by atoms with Gasteiger partial charge in [0.1, 0.15) is 11.6 Å². The highest BCUT2D eigenvalue weighted by molar-refractivity contribution is 5.95. The zero-order valence-electron chi connectivity index (χ0n) is 17.2. The Hall–Kier alpha value is -4.01. The Bertz CT molecular complexity index is 1180. The number of aromatic nitrogens is 6. The van der Waals surface area contributed by atoms with E-state index in [0.29, 0.717) is 37.6 Å². The second-order valence-corrected chi connectivity index (χ2v) is 7.36. The molecular formula is C22H22N8O. The highest BCUT2D eigenvalue weighted by Crippen LogP contribution is 2.19. The van der Waals surface area contributed by atoms with E-state index < -0.39 is 0 Å². The number of rotatable bonds is 4. The number of hydrogen-bond donors (Lipinski definition) is 0. The highest BCUT2D eigenvalue weighted by Gasteiger charge is 2.24. The van der Waals surface area contributed by atoms with Gasteiger partial charge in [0.15, 0.2) is 5.82 Å². The largest absolute Gasteiger partial charge is 0.353 e. The second kappa shape index (κ2) is 8.02. The summed E-state index contributed by atoms with van der Waals surface area (Å²) in [5.74, 6) is 2.31. The van der Waals surface area contributed by atoms with Crippen molar-refractivity contribution in [2.75, 3.05) is 31.1 Å². The molecule has 0 atom stereocenters.